The molecule has 0 atom stereocenters. The molecule has 9 aromatic rings. The zero-order valence-corrected chi connectivity index (χ0v) is 24.4. The highest BCUT2D eigenvalue weighted by Crippen LogP contribution is 2.43. The Morgan fingerprint density at radius 3 is 1.95 bits per heavy atom. The molecule has 0 spiro atoms. The Kier molecular flexibility index (Phi) is 5.68. The second-order valence-corrected chi connectivity index (χ2v) is 12.0. The molecule has 3 aromatic heterocycles. The quantitative estimate of drug-likeness (QED) is 0.208. The van der Waals surface area contributed by atoms with Crippen molar-refractivity contribution in [3.63, 3.8) is 0 Å². The molecule has 206 valence electrons. The SMILES string of the molecule is c1ccc(-c2ccc(-c3nc(-c4ccccc4)nc4c3sc3cc(-c5cccc6oc7ccccc7c56)ccc34)cc2)cc1. The van der Waals surface area contributed by atoms with Crippen molar-refractivity contribution in [3.8, 4) is 44.9 Å². The van der Waals surface area contributed by atoms with E-state index in [4.69, 9.17) is 14.4 Å². The summed E-state index contributed by atoms with van der Waals surface area (Å²) >= 11 is 1.76. The van der Waals surface area contributed by atoms with E-state index in [2.05, 4.69) is 103 Å². The Hall–Kier alpha value is -5.58. The number of furan rings is 1. The van der Waals surface area contributed by atoms with Crippen LogP contribution in [0.1, 0.15) is 0 Å². The van der Waals surface area contributed by atoms with Gasteiger partial charge in [0.1, 0.15) is 11.2 Å². The fraction of sp³-hybridized carbons (Fsp3) is 0. The lowest BCUT2D eigenvalue weighted by molar-refractivity contribution is 0.669. The van der Waals surface area contributed by atoms with Gasteiger partial charge in [0.15, 0.2) is 5.82 Å². The Labute approximate surface area is 257 Å². The first kappa shape index (κ1) is 25.0. The van der Waals surface area contributed by atoms with Gasteiger partial charge >= 0.3 is 0 Å². The number of hydrogen-bond acceptors (Lipinski definition) is 4. The second kappa shape index (κ2) is 10.0. The third-order valence-corrected chi connectivity index (χ3v) is 9.47. The summed E-state index contributed by atoms with van der Waals surface area (Å²) in [6, 6.07) is 50.7. The number of aromatic nitrogens is 2. The maximum Gasteiger partial charge on any atom is 0.160 e. The highest BCUT2D eigenvalue weighted by molar-refractivity contribution is 7.26. The van der Waals surface area contributed by atoms with Gasteiger partial charge in [-0.25, -0.2) is 9.97 Å². The molecule has 0 unspecified atom stereocenters. The van der Waals surface area contributed by atoms with Crippen molar-refractivity contribution in [1.82, 2.24) is 9.97 Å². The summed E-state index contributed by atoms with van der Waals surface area (Å²) in [5.74, 6) is 0.735. The van der Waals surface area contributed by atoms with Crippen molar-refractivity contribution in [2.75, 3.05) is 0 Å². The maximum atomic E-state index is 6.19. The van der Waals surface area contributed by atoms with Crippen molar-refractivity contribution in [3.05, 3.63) is 146 Å². The van der Waals surface area contributed by atoms with Gasteiger partial charge in [-0.05, 0) is 40.5 Å². The molecule has 0 aliphatic heterocycles. The van der Waals surface area contributed by atoms with E-state index in [1.54, 1.807) is 11.3 Å². The van der Waals surface area contributed by atoms with Crippen LogP contribution >= 0.6 is 11.3 Å². The molecule has 0 radical (unpaired) electrons. The fourth-order valence-corrected chi connectivity index (χ4v) is 7.38. The molecular weight excluding hydrogens is 557 g/mol. The molecule has 0 saturated heterocycles. The van der Waals surface area contributed by atoms with E-state index in [9.17, 15) is 0 Å². The zero-order chi connectivity index (χ0) is 29.0. The highest BCUT2D eigenvalue weighted by atomic mass is 32.1. The number of rotatable bonds is 4. The Bertz CT molecular complexity index is 2480. The summed E-state index contributed by atoms with van der Waals surface area (Å²) in [7, 11) is 0. The van der Waals surface area contributed by atoms with Crippen LogP contribution in [0.2, 0.25) is 0 Å². The van der Waals surface area contributed by atoms with E-state index in [0.717, 1.165) is 65.8 Å². The monoisotopic (exact) mass is 580 g/mol. The molecule has 9 rings (SSSR count). The van der Waals surface area contributed by atoms with Crippen LogP contribution in [0.4, 0.5) is 0 Å². The third-order valence-electron chi connectivity index (χ3n) is 8.33. The van der Waals surface area contributed by atoms with Gasteiger partial charge < -0.3 is 4.42 Å². The van der Waals surface area contributed by atoms with Crippen molar-refractivity contribution < 1.29 is 4.42 Å². The number of thiophene rings is 1. The summed E-state index contributed by atoms with van der Waals surface area (Å²) < 4.78 is 8.47. The molecule has 0 fully saturated rings. The van der Waals surface area contributed by atoms with Gasteiger partial charge in [-0.3, -0.25) is 0 Å². The van der Waals surface area contributed by atoms with Gasteiger partial charge in [0, 0.05) is 32.0 Å². The van der Waals surface area contributed by atoms with E-state index >= 15 is 0 Å². The van der Waals surface area contributed by atoms with E-state index in [1.807, 2.05) is 42.5 Å². The molecule has 0 bridgehead atoms. The summed E-state index contributed by atoms with van der Waals surface area (Å²) in [5, 5.41) is 3.42. The first-order chi connectivity index (χ1) is 21.8. The first-order valence-electron chi connectivity index (χ1n) is 14.7. The van der Waals surface area contributed by atoms with Crippen LogP contribution in [-0.2, 0) is 0 Å². The van der Waals surface area contributed by atoms with Crippen LogP contribution in [0.15, 0.2) is 150 Å². The number of fused-ring (bicyclic) bond motifs is 6. The predicted molar refractivity (Wildman–Crippen MR) is 184 cm³/mol. The Morgan fingerprint density at radius 1 is 0.477 bits per heavy atom. The van der Waals surface area contributed by atoms with E-state index in [1.165, 1.54) is 21.4 Å². The van der Waals surface area contributed by atoms with E-state index in [0.29, 0.717) is 0 Å². The van der Waals surface area contributed by atoms with Crippen molar-refractivity contribution in [2.45, 2.75) is 0 Å². The van der Waals surface area contributed by atoms with Crippen LogP contribution in [0.5, 0.6) is 0 Å². The summed E-state index contributed by atoms with van der Waals surface area (Å²) in [4.78, 5) is 10.3. The smallest absolute Gasteiger partial charge is 0.160 e. The number of benzene rings is 6. The maximum absolute atomic E-state index is 6.19. The molecular formula is C40H24N2OS. The largest absolute Gasteiger partial charge is 0.456 e. The summed E-state index contributed by atoms with van der Waals surface area (Å²) in [6.07, 6.45) is 0. The van der Waals surface area contributed by atoms with Crippen molar-refractivity contribution in [2.24, 2.45) is 0 Å². The molecule has 3 nitrogen and oxygen atoms in total. The Morgan fingerprint density at radius 2 is 1.14 bits per heavy atom. The van der Waals surface area contributed by atoms with Crippen molar-refractivity contribution >= 4 is 53.6 Å². The normalized spacial score (nSPS) is 11.6. The zero-order valence-electron chi connectivity index (χ0n) is 23.6. The molecule has 4 heteroatoms. The molecule has 0 saturated carbocycles. The molecule has 0 aliphatic carbocycles. The lowest BCUT2D eigenvalue weighted by Crippen LogP contribution is -1.93. The molecule has 3 heterocycles. The fourth-order valence-electron chi connectivity index (χ4n) is 6.19. The lowest BCUT2D eigenvalue weighted by atomic mass is 9.98. The van der Waals surface area contributed by atoms with Crippen molar-refractivity contribution in [1.29, 1.82) is 0 Å². The van der Waals surface area contributed by atoms with Gasteiger partial charge in [0.05, 0.1) is 15.9 Å². The second-order valence-electron chi connectivity index (χ2n) is 11.0. The Balaban J connectivity index is 1.25. The molecule has 0 aliphatic rings. The summed E-state index contributed by atoms with van der Waals surface area (Å²) in [5.41, 5.74) is 10.5. The van der Waals surface area contributed by atoms with E-state index < -0.39 is 0 Å². The topological polar surface area (TPSA) is 38.9 Å². The van der Waals surface area contributed by atoms with Gasteiger partial charge in [0.25, 0.3) is 0 Å². The third kappa shape index (κ3) is 4.03. The standard InChI is InChI=1S/C40H24N2OS/c1-3-10-25(11-4-1)26-18-20-27(21-19-26)37-39-38(42-40(41-37)28-12-5-2-6-13-28)32-23-22-29(24-35(32)44-39)30-15-9-17-34-36(30)31-14-7-8-16-33(31)43-34/h1-24H. The first-order valence-corrected chi connectivity index (χ1v) is 15.5. The van der Waals surface area contributed by atoms with Gasteiger partial charge in [0.2, 0.25) is 0 Å². The average molecular weight is 581 g/mol. The van der Waals surface area contributed by atoms with Gasteiger partial charge in [-0.15, -0.1) is 11.3 Å². The minimum absolute atomic E-state index is 0.735. The van der Waals surface area contributed by atoms with Crippen LogP contribution in [0.25, 0.3) is 87.1 Å². The molecule has 6 aromatic carbocycles. The average Bonchev–Trinajstić information content (AvgIpc) is 3.67. The highest BCUT2D eigenvalue weighted by Gasteiger charge is 2.18. The molecule has 0 amide bonds. The lowest BCUT2D eigenvalue weighted by Gasteiger charge is -2.08. The van der Waals surface area contributed by atoms with E-state index in [-0.39, 0.29) is 0 Å². The minimum Gasteiger partial charge on any atom is -0.456 e. The van der Waals surface area contributed by atoms with Gasteiger partial charge in [-0.1, -0.05) is 127 Å². The predicted octanol–water partition coefficient (Wildman–Crippen LogP) is 11.4. The van der Waals surface area contributed by atoms with Crippen LogP contribution in [0.3, 0.4) is 0 Å². The summed E-state index contributed by atoms with van der Waals surface area (Å²) in [6.45, 7) is 0. The van der Waals surface area contributed by atoms with Crippen LogP contribution < -0.4 is 0 Å². The van der Waals surface area contributed by atoms with Crippen LogP contribution in [-0.4, -0.2) is 9.97 Å². The molecule has 44 heavy (non-hydrogen) atoms. The number of para-hydroxylation sites is 1. The minimum atomic E-state index is 0.735. The van der Waals surface area contributed by atoms with Crippen LogP contribution in [0, 0.1) is 0 Å². The van der Waals surface area contributed by atoms with Gasteiger partial charge in [-0.2, -0.15) is 0 Å². The number of nitrogens with zero attached hydrogens (tertiary/aromatic N) is 2. The molecule has 0 N–H and O–H groups in total. The number of hydrogen-bond donors (Lipinski definition) is 0.